The third kappa shape index (κ3) is 4.29. The van der Waals surface area contributed by atoms with E-state index < -0.39 is 6.17 Å². The molecule has 0 saturated carbocycles. The van der Waals surface area contributed by atoms with E-state index in [1.165, 1.54) is 0 Å². The number of hydrogen-bond acceptors (Lipinski definition) is 7. The van der Waals surface area contributed by atoms with Crippen LogP contribution in [0.3, 0.4) is 0 Å². The highest BCUT2D eigenvalue weighted by Gasteiger charge is 2.35. The Bertz CT molecular complexity index is 1170. The second-order valence-corrected chi connectivity index (χ2v) is 9.03. The average molecular weight is 503 g/mol. The first-order valence-electron chi connectivity index (χ1n) is 9.97. The average Bonchev–Trinajstić information content (AvgIpc) is 2.78. The molecule has 1 N–H and O–H groups in total. The van der Waals surface area contributed by atoms with Gasteiger partial charge in [0.2, 0.25) is 0 Å². The van der Waals surface area contributed by atoms with Crippen LogP contribution in [0, 0.1) is 0 Å². The zero-order valence-electron chi connectivity index (χ0n) is 17.5. The van der Waals surface area contributed by atoms with Gasteiger partial charge in [-0.3, -0.25) is 15.1 Å². The molecule has 1 amide bonds. The number of methoxy groups -OCH3 is 2. The van der Waals surface area contributed by atoms with Crippen LogP contribution in [0.1, 0.15) is 31.5 Å². The van der Waals surface area contributed by atoms with E-state index in [2.05, 4.69) is 28.2 Å². The van der Waals surface area contributed by atoms with Gasteiger partial charge >= 0.3 is 0 Å². The summed E-state index contributed by atoms with van der Waals surface area (Å²) >= 11 is 5.04. The van der Waals surface area contributed by atoms with Crippen molar-refractivity contribution < 1.29 is 14.3 Å². The number of rotatable bonds is 6. The van der Waals surface area contributed by atoms with Crippen LogP contribution in [-0.2, 0) is 4.79 Å². The standard InChI is InChI=1S/C22H23BrN4O3S/c1-4-5-10-31-22-25-21(28)19-16-11-13(23)6-9-17(16)24-20(27(19)26-22)15-8-7-14(29-2)12-18(15)30-3/h6-9,11-12,20H,4-5,10H2,1-3H3,(H,25,26,28)/t20-/m1/s1. The first-order valence-corrected chi connectivity index (χ1v) is 11.7. The summed E-state index contributed by atoms with van der Waals surface area (Å²) in [5, 5.41) is 11.5. The fourth-order valence-corrected chi connectivity index (χ4v) is 4.76. The Kier molecular flexibility index (Phi) is 6.52. The number of ether oxygens (including phenoxy) is 2. The van der Waals surface area contributed by atoms with E-state index in [0.717, 1.165) is 39.2 Å². The number of unbranched alkanes of at least 4 members (excludes halogenated alkanes) is 1. The third-order valence-corrected chi connectivity index (χ3v) is 6.47. The van der Waals surface area contributed by atoms with Crippen molar-refractivity contribution in [3.8, 4) is 11.5 Å². The number of benzene rings is 2. The van der Waals surface area contributed by atoms with Gasteiger partial charge in [0.1, 0.15) is 17.2 Å². The van der Waals surface area contributed by atoms with Gasteiger partial charge in [-0.15, -0.1) is 5.10 Å². The van der Waals surface area contributed by atoms with Crippen molar-refractivity contribution in [3.63, 3.8) is 0 Å². The lowest BCUT2D eigenvalue weighted by molar-refractivity contribution is -0.116. The number of hydrazone groups is 1. The molecule has 0 aromatic heterocycles. The summed E-state index contributed by atoms with van der Waals surface area (Å²) in [5.41, 5.74) is 1.26. The Balaban J connectivity index is 1.89. The Hall–Kier alpha value is -2.52. The molecule has 7 nitrogen and oxygen atoms in total. The molecule has 0 spiro atoms. The lowest BCUT2D eigenvalue weighted by Crippen LogP contribution is -2.50. The maximum absolute atomic E-state index is 13.2. The number of halogens is 1. The monoisotopic (exact) mass is 502 g/mol. The van der Waals surface area contributed by atoms with E-state index in [4.69, 9.17) is 19.6 Å². The van der Waals surface area contributed by atoms with Gasteiger partial charge in [0.15, 0.2) is 11.3 Å². The first-order chi connectivity index (χ1) is 15.0. The Morgan fingerprint density at radius 1 is 1.19 bits per heavy atom. The van der Waals surface area contributed by atoms with Crippen LogP contribution < -0.4 is 25.4 Å². The van der Waals surface area contributed by atoms with Crippen LogP contribution in [0.25, 0.3) is 5.70 Å². The smallest absolute Gasteiger partial charge is 0.276 e. The SMILES string of the molecule is CCCCSC1=NN2C(=c3cc(Br)ccc3=N[C@H]2c2ccc(OC)cc2OC)C(=O)N1. The van der Waals surface area contributed by atoms with E-state index in [0.29, 0.717) is 22.4 Å². The maximum atomic E-state index is 13.2. The number of nitrogens with zero attached hydrogens (tertiary/aromatic N) is 3. The molecule has 2 aromatic rings. The number of carbonyl (C=O) groups excluding carboxylic acids is 1. The summed E-state index contributed by atoms with van der Waals surface area (Å²) in [6.45, 7) is 2.14. The van der Waals surface area contributed by atoms with Gasteiger partial charge in [0.05, 0.1) is 19.6 Å². The molecule has 0 unspecified atom stereocenters. The lowest BCUT2D eigenvalue weighted by atomic mass is 10.1. The fourth-order valence-electron chi connectivity index (χ4n) is 3.46. The molecule has 0 fully saturated rings. The largest absolute Gasteiger partial charge is 0.497 e. The highest BCUT2D eigenvalue weighted by Crippen LogP contribution is 2.37. The predicted molar refractivity (Wildman–Crippen MR) is 125 cm³/mol. The van der Waals surface area contributed by atoms with Crippen molar-refractivity contribution in [1.29, 1.82) is 0 Å². The van der Waals surface area contributed by atoms with Gasteiger partial charge in [-0.2, -0.15) is 0 Å². The predicted octanol–water partition coefficient (Wildman–Crippen LogP) is 3.14. The number of hydrogen-bond donors (Lipinski definition) is 1. The zero-order valence-corrected chi connectivity index (χ0v) is 19.9. The molecule has 2 heterocycles. The minimum Gasteiger partial charge on any atom is -0.497 e. The van der Waals surface area contributed by atoms with E-state index >= 15 is 0 Å². The summed E-state index contributed by atoms with van der Waals surface area (Å²) in [5.74, 6) is 1.99. The maximum Gasteiger partial charge on any atom is 0.276 e. The molecule has 0 aliphatic carbocycles. The van der Waals surface area contributed by atoms with Gasteiger partial charge in [0, 0.05) is 27.1 Å². The van der Waals surface area contributed by atoms with E-state index in [-0.39, 0.29) is 5.91 Å². The third-order valence-electron chi connectivity index (χ3n) is 5.03. The highest BCUT2D eigenvalue weighted by molar-refractivity contribution is 9.10. The number of thioether (sulfide) groups is 1. The van der Waals surface area contributed by atoms with Crippen LogP contribution in [0.4, 0.5) is 0 Å². The minimum atomic E-state index is -0.544. The first kappa shape index (κ1) is 21.7. The van der Waals surface area contributed by atoms with Gasteiger partial charge < -0.3 is 9.47 Å². The zero-order chi connectivity index (χ0) is 22.0. The van der Waals surface area contributed by atoms with Crippen LogP contribution >= 0.6 is 27.7 Å². The molecule has 4 rings (SSSR count). The van der Waals surface area contributed by atoms with Crippen molar-refractivity contribution in [2.45, 2.75) is 25.9 Å². The van der Waals surface area contributed by atoms with Crippen LogP contribution in [0.5, 0.6) is 11.5 Å². The molecule has 2 aliphatic rings. The van der Waals surface area contributed by atoms with E-state index in [1.807, 2.05) is 36.4 Å². The number of carbonyl (C=O) groups is 1. The Morgan fingerprint density at radius 2 is 2.03 bits per heavy atom. The molecular formula is C22H23BrN4O3S. The van der Waals surface area contributed by atoms with E-state index in [9.17, 15) is 4.79 Å². The second-order valence-electron chi connectivity index (χ2n) is 7.03. The van der Waals surface area contributed by atoms with Gasteiger partial charge in [-0.05, 0) is 36.8 Å². The van der Waals surface area contributed by atoms with Crippen LogP contribution in [-0.4, -0.2) is 36.1 Å². The number of fused-ring (bicyclic) bond motifs is 2. The highest BCUT2D eigenvalue weighted by atomic mass is 79.9. The summed E-state index contributed by atoms with van der Waals surface area (Å²) in [6.07, 6.45) is 1.58. The minimum absolute atomic E-state index is 0.194. The molecular weight excluding hydrogens is 480 g/mol. The van der Waals surface area contributed by atoms with Crippen LogP contribution in [0.2, 0.25) is 0 Å². The van der Waals surface area contributed by atoms with Crippen molar-refractivity contribution in [1.82, 2.24) is 10.3 Å². The topological polar surface area (TPSA) is 75.5 Å². The molecule has 31 heavy (non-hydrogen) atoms. The molecule has 0 bridgehead atoms. The summed E-state index contributed by atoms with van der Waals surface area (Å²) < 4.78 is 11.8. The summed E-state index contributed by atoms with van der Waals surface area (Å²) in [4.78, 5) is 18.1. The summed E-state index contributed by atoms with van der Waals surface area (Å²) in [6, 6.07) is 11.3. The lowest BCUT2D eigenvalue weighted by Gasteiger charge is -2.34. The summed E-state index contributed by atoms with van der Waals surface area (Å²) in [7, 11) is 3.22. The quantitative estimate of drug-likeness (QED) is 0.614. The fraction of sp³-hybridized carbons (Fsp3) is 0.318. The Morgan fingerprint density at radius 3 is 2.77 bits per heavy atom. The molecule has 2 aromatic carbocycles. The molecule has 9 heteroatoms. The van der Waals surface area contributed by atoms with Gasteiger partial charge in [0.25, 0.3) is 5.91 Å². The van der Waals surface area contributed by atoms with Crippen molar-refractivity contribution in [3.05, 3.63) is 57.0 Å². The van der Waals surface area contributed by atoms with Gasteiger partial charge in [-0.1, -0.05) is 41.0 Å². The molecule has 162 valence electrons. The Labute approximate surface area is 193 Å². The number of nitrogens with one attached hydrogen (secondary N) is 1. The normalized spacial score (nSPS) is 17.2. The molecule has 0 saturated heterocycles. The number of amidine groups is 1. The molecule has 1 atom stereocenters. The number of amides is 1. The van der Waals surface area contributed by atoms with E-state index in [1.54, 1.807) is 31.0 Å². The van der Waals surface area contributed by atoms with Crippen molar-refractivity contribution in [2.75, 3.05) is 20.0 Å². The van der Waals surface area contributed by atoms with Gasteiger partial charge in [-0.25, -0.2) is 5.01 Å². The second kappa shape index (κ2) is 9.32. The molecule has 0 radical (unpaired) electrons. The van der Waals surface area contributed by atoms with Crippen molar-refractivity contribution >= 4 is 44.5 Å². The van der Waals surface area contributed by atoms with Crippen molar-refractivity contribution in [2.24, 2.45) is 10.1 Å². The van der Waals surface area contributed by atoms with Crippen LogP contribution in [0.15, 0.2) is 51.0 Å². The molecule has 2 aliphatic heterocycles.